The first-order chi connectivity index (χ1) is 18.8. The van der Waals surface area contributed by atoms with Gasteiger partial charge in [-0.15, -0.1) is 0 Å². The number of halogens is 3. The van der Waals surface area contributed by atoms with Crippen molar-refractivity contribution in [1.82, 2.24) is 24.5 Å². The predicted octanol–water partition coefficient (Wildman–Crippen LogP) is 5.24. The average Bonchev–Trinajstić information content (AvgIpc) is 3.55. The molecule has 39 heavy (non-hydrogen) atoms. The van der Waals surface area contributed by atoms with Gasteiger partial charge in [-0.3, -0.25) is 14.3 Å². The van der Waals surface area contributed by atoms with Crippen molar-refractivity contribution in [2.24, 2.45) is 0 Å². The lowest BCUT2D eigenvalue weighted by molar-refractivity contribution is 0.0539. The van der Waals surface area contributed by atoms with Crippen molar-refractivity contribution < 1.29 is 22.8 Å². The van der Waals surface area contributed by atoms with Crippen LogP contribution in [0.1, 0.15) is 63.1 Å². The minimum atomic E-state index is -2.82. The molecule has 1 saturated heterocycles. The van der Waals surface area contributed by atoms with E-state index in [4.69, 9.17) is 0 Å². The van der Waals surface area contributed by atoms with Gasteiger partial charge in [0.1, 0.15) is 5.82 Å². The Morgan fingerprint density at radius 1 is 1.05 bits per heavy atom. The van der Waals surface area contributed by atoms with E-state index in [1.54, 1.807) is 23.0 Å². The highest BCUT2D eigenvalue weighted by Crippen LogP contribution is 2.25. The number of likely N-dealkylation sites (tertiary alicyclic amines) is 1. The highest BCUT2D eigenvalue weighted by atomic mass is 19.3. The van der Waals surface area contributed by atoms with Gasteiger partial charge >= 0.3 is 6.55 Å². The third-order valence-corrected chi connectivity index (χ3v) is 6.80. The molecule has 1 aliphatic heterocycles. The van der Waals surface area contributed by atoms with E-state index < -0.39 is 12.5 Å². The fourth-order valence-corrected chi connectivity index (χ4v) is 4.81. The number of aryl methyl sites for hydroxylation is 1. The summed E-state index contributed by atoms with van der Waals surface area (Å²) in [5.41, 5.74) is 2.88. The molecule has 2 aromatic heterocycles. The van der Waals surface area contributed by atoms with E-state index in [0.717, 1.165) is 11.1 Å². The summed E-state index contributed by atoms with van der Waals surface area (Å²) in [6, 6.07) is 15.2. The molecule has 1 aliphatic rings. The van der Waals surface area contributed by atoms with Gasteiger partial charge in [0, 0.05) is 30.5 Å². The van der Waals surface area contributed by atoms with Crippen LogP contribution in [-0.4, -0.2) is 49.4 Å². The van der Waals surface area contributed by atoms with Crippen LogP contribution in [0.5, 0.6) is 0 Å². The number of benzene rings is 2. The zero-order valence-electron chi connectivity index (χ0n) is 21.2. The summed E-state index contributed by atoms with van der Waals surface area (Å²) in [5.74, 6) is -0.940. The smallest absolute Gasteiger partial charge is 0.333 e. The lowest BCUT2D eigenvalue weighted by atomic mass is 10.0. The molecule has 0 bridgehead atoms. The number of carbonyl (C=O) groups is 2. The van der Waals surface area contributed by atoms with Gasteiger partial charge in [-0.1, -0.05) is 24.3 Å². The molecule has 0 aliphatic carbocycles. The lowest BCUT2D eigenvalue weighted by Crippen LogP contribution is -2.39. The van der Waals surface area contributed by atoms with E-state index in [1.165, 1.54) is 31.3 Å². The van der Waals surface area contributed by atoms with Crippen molar-refractivity contribution in [1.29, 1.82) is 0 Å². The van der Waals surface area contributed by atoms with Crippen LogP contribution < -0.4 is 5.32 Å². The number of nitrogens with zero attached hydrogens (tertiary/aromatic N) is 5. The van der Waals surface area contributed by atoms with Crippen LogP contribution in [0.15, 0.2) is 67.0 Å². The number of aromatic nitrogens is 4. The summed E-state index contributed by atoms with van der Waals surface area (Å²) in [6.45, 7) is -0.279. The molecule has 5 rings (SSSR count). The molecule has 0 spiro atoms. The molecular formula is C28H27F3N6O2. The van der Waals surface area contributed by atoms with E-state index >= 15 is 0 Å². The topological polar surface area (TPSA) is 85.1 Å². The molecule has 0 radical (unpaired) electrons. The van der Waals surface area contributed by atoms with Crippen molar-refractivity contribution >= 4 is 17.5 Å². The van der Waals surface area contributed by atoms with E-state index in [2.05, 4.69) is 15.5 Å². The first-order valence-corrected chi connectivity index (χ1v) is 12.6. The van der Waals surface area contributed by atoms with E-state index in [1.807, 2.05) is 29.2 Å². The van der Waals surface area contributed by atoms with Crippen LogP contribution in [0.3, 0.4) is 0 Å². The molecule has 2 amide bonds. The highest BCUT2D eigenvalue weighted by Gasteiger charge is 2.26. The largest absolute Gasteiger partial charge is 0.338 e. The Morgan fingerprint density at radius 3 is 2.46 bits per heavy atom. The van der Waals surface area contributed by atoms with Gasteiger partial charge in [0.2, 0.25) is 0 Å². The third kappa shape index (κ3) is 6.02. The van der Waals surface area contributed by atoms with Crippen molar-refractivity contribution in [2.75, 3.05) is 18.4 Å². The number of nitrogens with one attached hydrogen (secondary N) is 1. The van der Waals surface area contributed by atoms with E-state index in [9.17, 15) is 22.8 Å². The standard InChI is InChI=1S/C28H27F3N6O2/c1-18-12-25(34-37(18)28(30)31)26(38)33-23-16-32-36(17-23)24-8-10-35(11-9-24)27(39)21-6-2-4-19(14-21)13-20-5-3-7-22(29)15-20/h2-7,12,14-17,24,28H,8-11,13H2,1H3,(H,33,38). The molecule has 11 heteroatoms. The minimum Gasteiger partial charge on any atom is -0.338 e. The lowest BCUT2D eigenvalue weighted by Gasteiger charge is -2.32. The molecule has 202 valence electrons. The fraction of sp³-hybridized carbons (Fsp3) is 0.286. The molecule has 0 atom stereocenters. The van der Waals surface area contributed by atoms with Gasteiger partial charge in [0.25, 0.3) is 11.8 Å². The van der Waals surface area contributed by atoms with Crippen molar-refractivity contribution in [2.45, 2.75) is 38.8 Å². The maximum atomic E-state index is 13.5. The Bertz CT molecular complexity index is 1490. The van der Waals surface area contributed by atoms with Crippen molar-refractivity contribution in [3.63, 3.8) is 0 Å². The van der Waals surface area contributed by atoms with Gasteiger partial charge in [0.05, 0.1) is 17.9 Å². The summed E-state index contributed by atoms with van der Waals surface area (Å²) < 4.78 is 41.7. The van der Waals surface area contributed by atoms with E-state index in [0.29, 0.717) is 48.3 Å². The highest BCUT2D eigenvalue weighted by molar-refractivity contribution is 6.02. The Labute approximate surface area is 223 Å². The minimum absolute atomic E-state index is 0.0410. The maximum Gasteiger partial charge on any atom is 0.333 e. The number of anilines is 1. The molecule has 8 nitrogen and oxygen atoms in total. The van der Waals surface area contributed by atoms with Crippen LogP contribution in [0, 0.1) is 12.7 Å². The third-order valence-electron chi connectivity index (χ3n) is 6.80. The molecule has 3 heterocycles. The van der Waals surface area contributed by atoms with Crippen LogP contribution in [0.4, 0.5) is 18.9 Å². The quantitative estimate of drug-likeness (QED) is 0.350. The average molecular weight is 537 g/mol. The normalized spacial score (nSPS) is 14.1. The number of amides is 2. The molecule has 0 saturated carbocycles. The van der Waals surface area contributed by atoms with E-state index in [-0.39, 0.29) is 29.2 Å². The molecule has 1 fully saturated rings. The Morgan fingerprint density at radius 2 is 1.77 bits per heavy atom. The predicted molar refractivity (Wildman–Crippen MR) is 138 cm³/mol. The summed E-state index contributed by atoms with van der Waals surface area (Å²) in [4.78, 5) is 27.4. The second kappa shape index (κ2) is 11.1. The first kappa shape index (κ1) is 26.2. The Kier molecular flexibility index (Phi) is 7.49. The number of carbonyl (C=O) groups excluding carboxylic acids is 2. The van der Waals surface area contributed by atoms with Crippen molar-refractivity contribution in [3.05, 3.63) is 101 Å². The number of rotatable bonds is 7. The van der Waals surface area contributed by atoms with Gasteiger partial charge in [-0.2, -0.15) is 19.0 Å². The second-order valence-electron chi connectivity index (χ2n) is 9.59. The zero-order valence-corrected chi connectivity index (χ0v) is 21.2. The van der Waals surface area contributed by atoms with Crippen LogP contribution in [-0.2, 0) is 6.42 Å². The zero-order chi connectivity index (χ0) is 27.5. The first-order valence-electron chi connectivity index (χ1n) is 12.6. The summed E-state index contributed by atoms with van der Waals surface area (Å²) in [5, 5.41) is 10.6. The van der Waals surface area contributed by atoms with Crippen molar-refractivity contribution in [3.8, 4) is 0 Å². The maximum absolute atomic E-state index is 13.5. The van der Waals surface area contributed by atoms with Gasteiger partial charge < -0.3 is 10.2 Å². The van der Waals surface area contributed by atoms with Gasteiger partial charge in [-0.25, -0.2) is 9.07 Å². The molecule has 4 aromatic rings. The molecule has 0 unspecified atom stereocenters. The Balaban J connectivity index is 1.16. The fourth-order valence-electron chi connectivity index (χ4n) is 4.81. The van der Waals surface area contributed by atoms with Crippen LogP contribution >= 0.6 is 0 Å². The van der Waals surface area contributed by atoms with Gasteiger partial charge in [0.15, 0.2) is 5.69 Å². The SMILES string of the molecule is Cc1cc(C(=O)Nc2cnn(C3CCN(C(=O)c4cccc(Cc5cccc(F)c5)c4)CC3)c2)nn1C(F)F. The van der Waals surface area contributed by atoms with Crippen LogP contribution in [0.2, 0.25) is 0 Å². The summed E-state index contributed by atoms with van der Waals surface area (Å²) in [7, 11) is 0. The molecular weight excluding hydrogens is 509 g/mol. The number of hydrogen-bond acceptors (Lipinski definition) is 4. The molecule has 2 aromatic carbocycles. The number of piperidine rings is 1. The summed E-state index contributed by atoms with van der Waals surface area (Å²) >= 11 is 0. The number of alkyl halides is 2. The molecule has 1 N–H and O–H groups in total. The monoisotopic (exact) mass is 536 g/mol. The van der Waals surface area contributed by atoms with Gasteiger partial charge in [-0.05, 0) is 67.6 Å². The Hall–Kier alpha value is -4.41. The second-order valence-corrected chi connectivity index (χ2v) is 9.59. The summed E-state index contributed by atoms with van der Waals surface area (Å²) in [6.07, 6.45) is 5.08. The number of hydrogen-bond donors (Lipinski definition) is 1. The van der Waals surface area contributed by atoms with Crippen LogP contribution in [0.25, 0.3) is 0 Å².